The Morgan fingerprint density at radius 1 is 1.00 bits per heavy atom. The summed E-state index contributed by atoms with van der Waals surface area (Å²) in [7, 11) is 0. The van der Waals surface area contributed by atoms with Gasteiger partial charge in [-0.05, 0) is 32.0 Å². The Morgan fingerprint density at radius 2 is 1.66 bits per heavy atom. The van der Waals surface area contributed by atoms with Gasteiger partial charge in [-0.1, -0.05) is 30.3 Å². The van der Waals surface area contributed by atoms with Gasteiger partial charge >= 0.3 is 12.0 Å². The molecule has 4 rings (SSSR count). The van der Waals surface area contributed by atoms with Crippen molar-refractivity contribution in [3.63, 3.8) is 0 Å². The minimum Gasteiger partial charge on any atom is -0.463 e. The van der Waals surface area contributed by atoms with Gasteiger partial charge in [0, 0.05) is 50.5 Å². The summed E-state index contributed by atoms with van der Waals surface area (Å²) >= 11 is 0. The van der Waals surface area contributed by atoms with E-state index in [1.807, 2.05) is 17.9 Å². The molecule has 0 spiro atoms. The third kappa shape index (κ3) is 5.14. The summed E-state index contributed by atoms with van der Waals surface area (Å²) in [5.41, 5.74) is 1.50. The third-order valence-corrected chi connectivity index (χ3v) is 6.40. The molecule has 2 aliphatic heterocycles. The van der Waals surface area contributed by atoms with E-state index >= 15 is 0 Å². The normalized spacial score (nSPS) is 19.1. The lowest BCUT2D eigenvalue weighted by atomic mass is 9.93. The predicted molar refractivity (Wildman–Crippen MR) is 129 cm³/mol. The highest BCUT2D eigenvalue weighted by atomic mass is 19.1. The van der Waals surface area contributed by atoms with Gasteiger partial charge < -0.3 is 15.0 Å². The average Bonchev–Trinajstić information content (AvgIpc) is 2.85. The first kappa shape index (κ1) is 24.7. The molecule has 1 atom stereocenters. The van der Waals surface area contributed by atoms with Crippen molar-refractivity contribution in [3.8, 4) is 0 Å². The fourth-order valence-electron chi connectivity index (χ4n) is 4.67. The highest BCUT2D eigenvalue weighted by Gasteiger charge is 2.39. The number of anilines is 1. The van der Waals surface area contributed by atoms with Crippen molar-refractivity contribution in [3.05, 3.63) is 77.0 Å². The largest absolute Gasteiger partial charge is 0.463 e. The van der Waals surface area contributed by atoms with E-state index in [4.69, 9.17) is 4.74 Å². The van der Waals surface area contributed by atoms with Crippen LogP contribution in [-0.2, 0) is 9.53 Å². The number of halogens is 2. The van der Waals surface area contributed by atoms with Crippen molar-refractivity contribution in [1.29, 1.82) is 0 Å². The fraction of sp³-hybridized carbons (Fsp3) is 0.385. The molecule has 0 aliphatic carbocycles. The molecule has 186 valence electrons. The molecule has 0 bridgehead atoms. The van der Waals surface area contributed by atoms with Crippen LogP contribution in [0.4, 0.5) is 19.3 Å². The van der Waals surface area contributed by atoms with Gasteiger partial charge in [0.1, 0.15) is 11.6 Å². The van der Waals surface area contributed by atoms with Crippen LogP contribution in [0.15, 0.2) is 59.8 Å². The second-order valence-electron chi connectivity index (χ2n) is 8.44. The van der Waals surface area contributed by atoms with Crippen molar-refractivity contribution in [2.45, 2.75) is 19.9 Å². The van der Waals surface area contributed by atoms with Crippen molar-refractivity contribution in [2.75, 3.05) is 50.8 Å². The van der Waals surface area contributed by atoms with E-state index in [1.54, 1.807) is 37.3 Å². The molecule has 0 aromatic heterocycles. The van der Waals surface area contributed by atoms with Crippen LogP contribution in [0, 0.1) is 11.6 Å². The Kier molecular flexibility index (Phi) is 7.65. The van der Waals surface area contributed by atoms with Crippen molar-refractivity contribution < 1.29 is 23.1 Å². The minimum absolute atomic E-state index is 0.154. The predicted octanol–water partition coefficient (Wildman–Crippen LogP) is 3.69. The first-order valence-electron chi connectivity index (χ1n) is 11.9. The van der Waals surface area contributed by atoms with E-state index in [0.29, 0.717) is 50.7 Å². The molecule has 1 fully saturated rings. The highest BCUT2D eigenvalue weighted by molar-refractivity contribution is 5.95. The average molecular weight is 485 g/mol. The minimum atomic E-state index is -0.958. The Morgan fingerprint density at radius 3 is 2.29 bits per heavy atom. The summed E-state index contributed by atoms with van der Waals surface area (Å²) in [6, 6.07) is 11.4. The molecule has 2 heterocycles. The number of hydrogen-bond donors (Lipinski definition) is 1. The number of urea groups is 1. The van der Waals surface area contributed by atoms with E-state index in [2.05, 4.69) is 10.2 Å². The number of nitrogens with one attached hydrogen (secondary N) is 1. The number of carbonyl (C=O) groups is 2. The fourth-order valence-corrected chi connectivity index (χ4v) is 4.67. The molecule has 2 amide bonds. The zero-order valence-corrected chi connectivity index (χ0v) is 20.0. The van der Waals surface area contributed by atoms with E-state index in [-0.39, 0.29) is 23.6 Å². The molecule has 1 N–H and O–H groups in total. The summed E-state index contributed by atoms with van der Waals surface area (Å²) in [6.45, 7) is 6.74. The molecule has 35 heavy (non-hydrogen) atoms. The standard InChI is InChI=1S/C26H30F2N4O3/c1-3-32-22(17-30-13-15-31(16-14-30)21-12-8-7-11-20(21)28)23(25(33)35-4-2)24(29-26(32)34)18-9-5-6-10-19(18)27/h5-12,24H,3-4,13-17H2,1-2H3,(H,29,34). The first-order chi connectivity index (χ1) is 16.9. The maximum absolute atomic E-state index is 14.7. The second-order valence-corrected chi connectivity index (χ2v) is 8.44. The number of likely N-dealkylation sites (N-methyl/N-ethyl adjacent to an activating group) is 1. The van der Waals surface area contributed by atoms with Crippen molar-refractivity contribution in [1.82, 2.24) is 15.1 Å². The summed E-state index contributed by atoms with van der Waals surface area (Å²) in [4.78, 5) is 31.8. The molecular weight excluding hydrogens is 454 g/mol. The molecule has 0 saturated carbocycles. The number of piperazine rings is 1. The number of esters is 1. The Balaban J connectivity index is 1.65. The van der Waals surface area contributed by atoms with Crippen LogP contribution in [-0.4, -0.2) is 67.7 Å². The van der Waals surface area contributed by atoms with Crippen LogP contribution in [0.3, 0.4) is 0 Å². The summed E-state index contributed by atoms with van der Waals surface area (Å²) in [5, 5.41) is 2.79. The van der Waals surface area contributed by atoms with Crippen LogP contribution >= 0.6 is 0 Å². The lowest BCUT2D eigenvalue weighted by Crippen LogP contribution is -2.53. The van der Waals surface area contributed by atoms with Gasteiger partial charge in [0.2, 0.25) is 0 Å². The molecule has 0 radical (unpaired) electrons. The molecule has 1 unspecified atom stereocenters. The third-order valence-electron chi connectivity index (χ3n) is 6.40. The number of para-hydroxylation sites is 1. The first-order valence-corrected chi connectivity index (χ1v) is 11.9. The second kappa shape index (κ2) is 10.9. The Bertz CT molecular complexity index is 1120. The summed E-state index contributed by atoms with van der Waals surface area (Å²) in [5.74, 6) is -1.36. The molecular formula is C26H30F2N4O3. The van der Waals surface area contributed by atoms with Gasteiger partial charge in [0.05, 0.1) is 23.9 Å². The maximum atomic E-state index is 14.7. The number of benzene rings is 2. The number of hydrogen-bond acceptors (Lipinski definition) is 5. The van der Waals surface area contributed by atoms with Gasteiger partial charge in [0.25, 0.3) is 0 Å². The number of rotatable bonds is 7. The number of carbonyl (C=O) groups excluding carboxylic acids is 2. The lowest BCUT2D eigenvalue weighted by Gasteiger charge is -2.41. The van der Waals surface area contributed by atoms with Gasteiger partial charge in [-0.15, -0.1) is 0 Å². The van der Waals surface area contributed by atoms with Crippen LogP contribution in [0.25, 0.3) is 0 Å². The van der Waals surface area contributed by atoms with E-state index in [9.17, 15) is 18.4 Å². The lowest BCUT2D eigenvalue weighted by molar-refractivity contribution is -0.139. The number of ether oxygens (including phenoxy) is 1. The summed E-state index contributed by atoms with van der Waals surface area (Å²) < 4.78 is 34.3. The van der Waals surface area contributed by atoms with Crippen molar-refractivity contribution >= 4 is 17.7 Å². The quantitative estimate of drug-likeness (QED) is 0.608. The van der Waals surface area contributed by atoms with Crippen LogP contribution in [0.1, 0.15) is 25.5 Å². The van der Waals surface area contributed by atoms with Crippen LogP contribution in [0.5, 0.6) is 0 Å². The Hall–Kier alpha value is -3.46. The van der Waals surface area contributed by atoms with Crippen LogP contribution in [0.2, 0.25) is 0 Å². The Labute approximate surface area is 203 Å². The summed E-state index contributed by atoms with van der Waals surface area (Å²) in [6.07, 6.45) is 0. The van der Waals surface area contributed by atoms with E-state index in [0.717, 1.165) is 0 Å². The van der Waals surface area contributed by atoms with Crippen molar-refractivity contribution in [2.24, 2.45) is 0 Å². The molecule has 7 nitrogen and oxygen atoms in total. The van der Waals surface area contributed by atoms with Gasteiger partial charge in [-0.25, -0.2) is 18.4 Å². The SMILES string of the molecule is CCOC(=O)C1=C(CN2CCN(c3ccccc3F)CC2)N(CC)C(=O)NC1c1ccccc1F. The zero-order valence-electron chi connectivity index (χ0n) is 20.0. The molecule has 2 aromatic carbocycles. The smallest absolute Gasteiger partial charge is 0.338 e. The monoisotopic (exact) mass is 484 g/mol. The molecule has 2 aromatic rings. The van der Waals surface area contributed by atoms with Crippen LogP contribution < -0.4 is 10.2 Å². The zero-order chi connectivity index (χ0) is 24.9. The van der Waals surface area contributed by atoms with Gasteiger partial charge in [-0.2, -0.15) is 0 Å². The van der Waals surface area contributed by atoms with E-state index < -0.39 is 23.9 Å². The molecule has 2 aliphatic rings. The number of amides is 2. The van der Waals surface area contributed by atoms with Gasteiger partial charge in [-0.3, -0.25) is 9.80 Å². The number of nitrogens with zero attached hydrogens (tertiary/aromatic N) is 3. The molecule has 1 saturated heterocycles. The maximum Gasteiger partial charge on any atom is 0.338 e. The topological polar surface area (TPSA) is 65.1 Å². The highest BCUT2D eigenvalue weighted by Crippen LogP contribution is 2.33. The molecule has 9 heteroatoms. The van der Waals surface area contributed by atoms with E-state index in [1.165, 1.54) is 17.0 Å². The van der Waals surface area contributed by atoms with Gasteiger partial charge in [0.15, 0.2) is 0 Å².